The molecule has 0 aliphatic carbocycles. The molecule has 1 unspecified atom stereocenters. The number of ether oxygens (including phenoxy) is 1. The van der Waals surface area contributed by atoms with Gasteiger partial charge in [0.25, 0.3) is 5.91 Å². The second-order valence-electron chi connectivity index (χ2n) is 5.00. The van der Waals surface area contributed by atoms with Crippen LogP contribution in [-0.4, -0.2) is 31.8 Å². The van der Waals surface area contributed by atoms with Crippen molar-refractivity contribution in [3.8, 4) is 11.8 Å². The van der Waals surface area contributed by atoms with E-state index in [1.807, 2.05) is 36.4 Å². The Morgan fingerprint density at radius 1 is 1.09 bits per heavy atom. The van der Waals surface area contributed by atoms with Gasteiger partial charge in [0, 0.05) is 30.8 Å². The highest BCUT2D eigenvalue weighted by atomic mass is 16.5. The van der Waals surface area contributed by atoms with Gasteiger partial charge < -0.3 is 15.2 Å². The van der Waals surface area contributed by atoms with Crippen molar-refractivity contribution in [2.75, 3.05) is 20.8 Å². The predicted octanol–water partition coefficient (Wildman–Crippen LogP) is 2.13. The molecule has 2 aromatic rings. The summed E-state index contributed by atoms with van der Waals surface area (Å²) in [4.78, 5) is 11.5. The number of aliphatic hydroxyl groups is 1. The SMILES string of the molecule is CNC(=O)c1ccc(C#Cc2ccc(C(O)COC)cc2)cc1. The van der Waals surface area contributed by atoms with E-state index in [0.717, 1.165) is 16.7 Å². The van der Waals surface area contributed by atoms with E-state index in [1.54, 1.807) is 26.3 Å². The third-order valence-electron chi connectivity index (χ3n) is 3.35. The highest BCUT2D eigenvalue weighted by Crippen LogP contribution is 2.13. The van der Waals surface area contributed by atoms with Gasteiger partial charge in [0.15, 0.2) is 0 Å². The average Bonchev–Trinajstić information content (AvgIpc) is 2.60. The average molecular weight is 309 g/mol. The molecule has 2 rings (SSSR count). The number of aliphatic hydroxyl groups excluding tert-OH is 1. The first kappa shape index (κ1) is 16.8. The fraction of sp³-hybridized carbons (Fsp3) is 0.211. The molecule has 0 aliphatic heterocycles. The normalized spacial score (nSPS) is 11.3. The summed E-state index contributed by atoms with van der Waals surface area (Å²) in [6, 6.07) is 14.5. The Hall–Kier alpha value is -2.61. The van der Waals surface area contributed by atoms with Gasteiger partial charge in [0.1, 0.15) is 6.10 Å². The number of methoxy groups -OCH3 is 1. The van der Waals surface area contributed by atoms with Crippen LogP contribution in [-0.2, 0) is 4.74 Å². The van der Waals surface area contributed by atoms with Gasteiger partial charge in [-0.1, -0.05) is 24.0 Å². The zero-order valence-corrected chi connectivity index (χ0v) is 13.2. The van der Waals surface area contributed by atoms with E-state index in [1.165, 1.54) is 0 Å². The van der Waals surface area contributed by atoms with Gasteiger partial charge in [0.05, 0.1) is 6.61 Å². The number of amides is 1. The quantitative estimate of drug-likeness (QED) is 0.851. The van der Waals surface area contributed by atoms with Crippen LogP contribution in [0.3, 0.4) is 0 Å². The van der Waals surface area contributed by atoms with Crippen molar-refractivity contribution in [3.63, 3.8) is 0 Å². The molecule has 0 saturated heterocycles. The van der Waals surface area contributed by atoms with E-state index >= 15 is 0 Å². The molecule has 1 atom stereocenters. The van der Waals surface area contributed by atoms with Crippen LogP contribution >= 0.6 is 0 Å². The van der Waals surface area contributed by atoms with Crippen LogP contribution in [0.5, 0.6) is 0 Å². The number of carbonyl (C=O) groups excluding carboxylic acids is 1. The lowest BCUT2D eigenvalue weighted by molar-refractivity contribution is 0.0644. The summed E-state index contributed by atoms with van der Waals surface area (Å²) in [5.41, 5.74) is 3.09. The van der Waals surface area contributed by atoms with Gasteiger partial charge in [0.2, 0.25) is 0 Å². The van der Waals surface area contributed by atoms with Gasteiger partial charge in [-0.25, -0.2) is 0 Å². The van der Waals surface area contributed by atoms with Crippen molar-refractivity contribution in [1.29, 1.82) is 0 Å². The first-order valence-corrected chi connectivity index (χ1v) is 7.25. The molecule has 0 bridgehead atoms. The maximum atomic E-state index is 11.5. The number of nitrogens with one attached hydrogen (secondary N) is 1. The summed E-state index contributed by atoms with van der Waals surface area (Å²) in [6.07, 6.45) is -0.626. The largest absolute Gasteiger partial charge is 0.386 e. The Bertz CT molecular complexity index is 709. The van der Waals surface area contributed by atoms with Crippen molar-refractivity contribution in [2.24, 2.45) is 0 Å². The van der Waals surface area contributed by atoms with Gasteiger partial charge in [-0.15, -0.1) is 0 Å². The molecule has 23 heavy (non-hydrogen) atoms. The molecule has 0 fully saturated rings. The second kappa shape index (κ2) is 8.14. The zero-order valence-electron chi connectivity index (χ0n) is 13.2. The maximum absolute atomic E-state index is 11.5. The van der Waals surface area contributed by atoms with E-state index in [-0.39, 0.29) is 12.5 Å². The minimum atomic E-state index is -0.626. The molecule has 0 aromatic heterocycles. The molecule has 4 nitrogen and oxygen atoms in total. The van der Waals surface area contributed by atoms with Crippen molar-refractivity contribution < 1.29 is 14.6 Å². The first-order chi connectivity index (χ1) is 11.1. The van der Waals surface area contributed by atoms with Gasteiger partial charge in [-0.2, -0.15) is 0 Å². The maximum Gasteiger partial charge on any atom is 0.251 e. The number of carbonyl (C=O) groups is 1. The monoisotopic (exact) mass is 309 g/mol. The molecule has 118 valence electrons. The summed E-state index contributed by atoms with van der Waals surface area (Å²) in [5, 5.41) is 12.4. The Balaban J connectivity index is 2.08. The van der Waals surface area contributed by atoms with Crippen LogP contribution in [0.25, 0.3) is 0 Å². The van der Waals surface area contributed by atoms with E-state index < -0.39 is 6.10 Å². The number of benzene rings is 2. The number of hydrogen-bond acceptors (Lipinski definition) is 3. The third-order valence-corrected chi connectivity index (χ3v) is 3.35. The van der Waals surface area contributed by atoms with E-state index in [2.05, 4.69) is 17.2 Å². The van der Waals surface area contributed by atoms with Crippen LogP contribution in [0, 0.1) is 11.8 Å². The molecular weight excluding hydrogens is 290 g/mol. The Morgan fingerprint density at radius 2 is 1.61 bits per heavy atom. The molecule has 0 aliphatic rings. The summed E-state index contributed by atoms with van der Waals surface area (Å²) >= 11 is 0. The van der Waals surface area contributed by atoms with E-state index in [4.69, 9.17) is 4.74 Å². The van der Waals surface area contributed by atoms with Crippen LogP contribution < -0.4 is 5.32 Å². The van der Waals surface area contributed by atoms with Crippen molar-refractivity contribution in [1.82, 2.24) is 5.32 Å². The summed E-state index contributed by atoms with van der Waals surface area (Å²) in [7, 11) is 3.15. The molecule has 0 spiro atoms. The fourth-order valence-corrected chi connectivity index (χ4v) is 2.04. The van der Waals surface area contributed by atoms with Gasteiger partial charge in [-0.05, 0) is 42.0 Å². The lowest BCUT2D eigenvalue weighted by Crippen LogP contribution is -2.17. The summed E-state index contributed by atoms with van der Waals surface area (Å²) < 4.78 is 4.92. The second-order valence-corrected chi connectivity index (χ2v) is 5.00. The molecule has 2 N–H and O–H groups in total. The van der Waals surface area contributed by atoms with Gasteiger partial charge >= 0.3 is 0 Å². The third kappa shape index (κ3) is 4.68. The first-order valence-electron chi connectivity index (χ1n) is 7.25. The highest BCUT2D eigenvalue weighted by Gasteiger charge is 2.05. The van der Waals surface area contributed by atoms with E-state index in [9.17, 15) is 9.90 Å². The summed E-state index contributed by atoms with van der Waals surface area (Å²) in [5.74, 6) is 5.99. The van der Waals surface area contributed by atoms with Gasteiger partial charge in [-0.3, -0.25) is 4.79 Å². The Morgan fingerprint density at radius 3 is 2.09 bits per heavy atom. The van der Waals surface area contributed by atoms with Crippen molar-refractivity contribution in [3.05, 3.63) is 70.8 Å². The minimum Gasteiger partial charge on any atom is -0.386 e. The Labute approximate surface area is 136 Å². The van der Waals surface area contributed by atoms with Crippen LogP contribution in [0.15, 0.2) is 48.5 Å². The minimum absolute atomic E-state index is 0.116. The van der Waals surface area contributed by atoms with Crippen molar-refractivity contribution in [2.45, 2.75) is 6.10 Å². The number of rotatable bonds is 4. The predicted molar refractivity (Wildman–Crippen MR) is 89.1 cm³/mol. The fourth-order valence-electron chi connectivity index (χ4n) is 2.04. The van der Waals surface area contributed by atoms with Crippen LogP contribution in [0.4, 0.5) is 0 Å². The molecule has 4 heteroatoms. The summed E-state index contributed by atoms with van der Waals surface area (Å²) in [6.45, 7) is 0.267. The molecule has 1 amide bonds. The highest BCUT2D eigenvalue weighted by molar-refractivity contribution is 5.94. The Kier molecular flexibility index (Phi) is 5.93. The number of hydrogen-bond donors (Lipinski definition) is 2. The molecular formula is C19H19NO3. The smallest absolute Gasteiger partial charge is 0.251 e. The lowest BCUT2D eigenvalue weighted by atomic mass is 10.1. The van der Waals surface area contributed by atoms with Crippen molar-refractivity contribution >= 4 is 5.91 Å². The standard InChI is InChI=1S/C19H19NO3/c1-20-19(22)17-11-7-15(8-12-17)4-3-14-5-9-16(10-6-14)18(21)13-23-2/h5-12,18,21H,13H2,1-2H3,(H,20,22). The molecule has 0 heterocycles. The molecule has 0 saturated carbocycles. The topological polar surface area (TPSA) is 58.6 Å². The molecule has 2 aromatic carbocycles. The lowest BCUT2D eigenvalue weighted by Gasteiger charge is -2.09. The van der Waals surface area contributed by atoms with E-state index in [0.29, 0.717) is 5.56 Å². The van der Waals surface area contributed by atoms with Crippen LogP contribution in [0.2, 0.25) is 0 Å². The molecule has 0 radical (unpaired) electrons. The van der Waals surface area contributed by atoms with Crippen LogP contribution in [0.1, 0.15) is 33.2 Å². The zero-order chi connectivity index (χ0) is 16.7.